The molecule has 12 heteroatoms. The molecule has 1 atom stereocenters. The number of carbonyl (C=O) groups is 2. The van der Waals surface area contributed by atoms with Crippen molar-refractivity contribution in [1.82, 2.24) is 10.0 Å². The van der Waals surface area contributed by atoms with E-state index in [-0.39, 0.29) is 37.3 Å². The van der Waals surface area contributed by atoms with E-state index in [2.05, 4.69) is 5.32 Å². The molecule has 0 spiro atoms. The lowest BCUT2D eigenvalue weighted by atomic mass is 9.72. The third-order valence-corrected chi connectivity index (χ3v) is 4.22. The van der Waals surface area contributed by atoms with E-state index in [1.807, 2.05) is 4.72 Å². The Morgan fingerprint density at radius 3 is 2.85 bits per heavy atom. The van der Waals surface area contributed by atoms with Crippen molar-refractivity contribution in [3.8, 4) is 5.75 Å². The molecule has 0 saturated carbocycles. The summed E-state index contributed by atoms with van der Waals surface area (Å²) in [4.78, 5) is 23.8. The van der Waals surface area contributed by atoms with Crippen molar-refractivity contribution >= 4 is 29.2 Å². The van der Waals surface area contributed by atoms with Gasteiger partial charge in [-0.05, 0) is 25.0 Å². The molecule has 142 valence electrons. The van der Waals surface area contributed by atoms with Crippen LogP contribution >= 0.6 is 0 Å². The highest BCUT2D eigenvalue weighted by Crippen LogP contribution is 2.30. The van der Waals surface area contributed by atoms with Crippen molar-refractivity contribution in [2.24, 2.45) is 5.14 Å². The summed E-state index contributed by atoms with van der Waals surface area (Å²) in [7, 11) is -5.24. The fourth-order valence-corrected chi connectivity index (χ4v) is 2.89. The van der Waals surface area contributed by atoms with Crippen LogP contribution in [0.15, 0.2) is 18.2 Å². The molecule has 26 heavy (non-hydrogen) atoms. The van der Waals surface area contributed by atoms with E-state index in [9.17, 15) is 23.0 Å². The lowest BCUT2D eigenvalue weighted by Gasteiger charge is -2.29. The smallest absolute Gasteiger partial charge is 0.534 e. The highest BCUT2D eigenvalue weighted by molar-refractivity contribution is 7.87. The van der Waals surface area contributed by atoms with E-state index in [0.717, 1.165) is 0 Å². The average molecular weight is 385 g/mol. The molecule has 0 bridgehead atoms. The third kappa shape index (κ3) is 5.43. The lowest BCUT2D eigenvalue weighted by Crippen LogP contribution is -2.53. The predicted molar refractivity (Wildman–Crippen MR) is 92.4 cm³/mol. The normalized spacial score (nSPS) is 16.4. The molecule has 0 aromatic heterocycles. The molecule has 0 saturated heterocycles. The van der Waals surface area contributed by atoms with Gasteiger partial charge in [0.25, 0.3) is 10.2 Å². The van der Waals surface area contributed by atoms with Gasteiger partial charge in [-0.25, -0.2) is 14.7 Å². The van der Waals surface area contributed by atoms with Crippen LogP contribution in [0.1, 0.15) is 29.3 Å². The number of carbonyl (C=O) groups excluding carboxylic acids is 2. The van der Waals surface area contributed by atoms with Crippen molar-refractivity contribution < 1.29 is 32.4 Å². The van der Waals surface area contributed by atoms with Gasteiger partial charge in [0.05, 0.1) is 12.5 Å². The zero-order chi connectivity index (χ0) is 19.3. The van der Waals surface area contributed by atoms with E-state index in [1.165, 1.54) is 6.07 Å². The van der Waals surface area contributed by atoms with Crippen LogP contribution in [0.3, 0.4) is 0 Å². The van der Waals surface area contributed by atoms with Gasteiger partial charge in [0.15, 0.2) is 0 Å². The number of fused-ring (bicyclic) bond motifs is 1. The van der Waals surface area contributed by atoms with Crippen LogP contribution in [-0.4, -0.2) is 51.5 Å². The largest absolute Gasteiger partial charge is 0.547 e. The topological polar surface area (TPSA) is 157 Å². The fraction of sp³-hybridized carbons (Fsp3) is 0.429. The monoisotopic (exact) mass is 385 g/mol. The van der Waals surface area contributed by atoms with E-state index in [0.29, 0.717) is 5.56 Å². The Balaban J connectivity index is 2.02. The van der Waals surface area contributed by atoms with E-state index in [4.69, 9.17) is 14.5 Å². The zero-order valence-electron chi connectivity index (χ0n) is 14.1. The molecule has 10 nitrogen and oxygen atoms in total. The van der Waals surface area contributed by atoms with Crippen molar-refractivity contribution in [2.45, 2.75) is 25.7 Å². The summed E-state index contributed by atoms with van der Waals surface area (Å²) < 4.78 is 33.9. The van der Waals surface area contributed by atoms with Crippen LogP contribution in [-0.2, 0) is 26.2 Å². The third-order valence-electron chi connectivity index (χ3n) is 3.62. The SMILES string of the molecule is CCOC(=O)c1cccc2c1OB(O)[C@@H](NC(=O)CCNS(N)(=O)=O)C2. The van der Waals surface area contributed by atoms with Gasteiger partial charge in [-0.2, -0.15) is 8.42 Å². The van der Waals surface area contributed by atoms with Gasteiger partial charge in [0.2, 0.25) is 5.91 Å². The predicted octanol–water partition coefficient (Wildman–Crippen LogP) is -1.51. The number of amides is 1. The fourth-order valence-electron chi connectivity index (χ4n) is 2.50. The molecule has 1 aliphatic heterocycles. The Morgan fingerprint density at radius 2 is 2.19 bits per heavy atom. The molecular formula is C14H20BN3O7S. The Hall–Kier alpha value is -2.15. The second-order valence-corrected chi connectivity index (χ2v) is 6.97. The molecule has 1 aromatic rings. The van der Waals surface area contributed by atoms with E-state index in [1.54, 1.807) is 19.1 Å². The molecule has 1 heterocycles. The Morgan fingerprint density at radius 1 is 1.46 bits per heavy atom. The van der Waals surface area contributed by atoms with Crippen molar-refractivity contribution in [1.29, 1.82) is 0 Å². The minimum absolute atomic E-state index is 0.157. The summed E-state index contributed by atoms with van der Waals surface area (Å²) in [6.07, 6.45) is 0.0769. The number of ether oxygens (including phenoxy) is 1. The summed E-state index contributed by atoms with van der Waals surface area (Å²) in [6.45, 7) is 1.72. The average Bonchev–Trinajstić information content (AvgIpc) is 2.54. The molecule has 5 N–H and O–H groups in total. The van der Waals surface area contributed by atoms with Crippen molar-refractivity contribution in [3.63, 3.8) is 0 Å². The number of nitrogens with one attached hydrogen (secondary N) is 2. The van der Waals surface area contributed by atoms with Gasteiger partial charge in [-0.15, -0.1) is 0 Å². The lowest BCUT2D eigenvalue weighted by molar-refractivity contribution is -0.121. The van der Waals surface area contributed by atoms with Gasteiger partial charge in [0.1, 0.15) is 11.3 Å². The minimum Gasteiger partial charge on any atom is -0.534 e. The van der Waals surface area contributed by atoms with Crippen LogP contribution in [0.5, 0.6) is 5.75 Å². The van der Waals surface area contributed by atoms with E-state index >= 15 is 0 Å². The highest BCUT2D eigenvalue weighted by atomic mass is 32.2. The van der Waals surface area contributed by atoms with Crippen molar-refractivity contribution in [3.05, 3.63) is 29.3 Å². The first-order chi connectivity index (χ1) is 12.2. The summed E-state index contributed by atoms with van der Waals surface area (Å²) in [5, 5.41) is 17.5. The minimum atomic E-state index is -3.87. The molecular weight excluding hydrogens is 365 g/mol. The molecule has 0 unspecified atom stereocenters. The maximum absolute atomic E-state index is 12.0. The first-order valence-electron chi connectivity index (χ1n) is 7.91. The number of hydrogen-bond acceptors (Lipinski definition) is 7. The van der Waals surface area contributed by atoms with Gasteiger partial charge in [-0.3, -0.25) is 4.79 Å². The molecule has 1 aliphatic rings. The number of esters is 1. The summed E-state index contributed by atoms with van der Waals surface area (Å²) in [6, 6.07) is 4.90. The van der Waals surface area contributed by atoms with Crippen LogP contribution in [0.4, 0.5) is 0 Å². The number of rotatable bonds is 7. The Kier molecular flexibility index (Phi) is 6.59. The number of hydrogen-bond donors (Lipinski definition) is 4. The van der Waals surface area contributed by atoms with Gasteiger partial charge < -0.3 is 19.7 Å². The zero-order valence-corrected chi connectivity index (χ0v) is 14.9. The second kappa shape index (κ2) is 8.49. The van der Waals surface area contributed by atoms with Crippen LogP contribution in [0, 0.1) is 0 Å². The highest BCUT2D eigenvalue weighted by Gasteiger charge is 2.37. The number of para-hydroxylation sites is 1. The standard InChI is InChI=1S/C14H20BN3O7S/c1-2-24-14(20)10-5-3-4-9-8-11(15(21)25-13(9)10)18-12(19)6-7-17-26(16,22)23/h3-5,11,17,21H,2,6-8H2,1H3,(H,18,19)(H2,16,22,23)/t11-/m0/s1. The van der Waals surface area contributed by atoms with Crippen LogP contribution < -0.4 is 19.8 Å². The summed E-state index contributed by atoms with van der Waals surface area (Å²) in [5.41, 5.74) is 0.833. The van der Waals surface area contributed by atoms with Crippen LogP contribution in [0.2, 0.25) is 0 Å². The van der Waals surface area contributed by atoms with Crippen molar-refractivity contribution in [2.75, 3.05) is 13.2 Å². The number of nitrogens with two attached hydrogens (primary N) is 1. The first-order valence-corrected chi connectivity index (χ1v) is 9.46. The molecule has 2 rings (SSSR count). The van der Waals surface area contributed by atoms with Gasteiger partial charge >= 0.3 is 13.1 Å². The quantitative estimate of drug-likeness (QED) is 0.328. The first kappa shape index (κ1) is 20.2. The van der Waals surface area contributed by atoms with E-state index < -0.39 is 35.1 Å². The number of benzene rings is 1. The van der Waals surface area contributed by atoms with Crippen LogP contribution in [0.25, 0.3) is 0 Å². The summed E-state index contributed by atoms with van der Waals surface area (Å²) >= 11 is 0. The molecule has 1 amide bonds. The second-order valence-electron chi connectivity index (χ2n) is 5.59. The van der Waals surface area contributed by atoms with Gasteiger partial charge in [-0.1, -0.05) is 12.1 Å². The molecule has 1 aromatic carbocycles. The molecule has 0 radical (unpaired) electrons. The van der Waals surface area contributed by atoms with Gasteiger partial charge in [0, 0.05) is 13.0 Å². The Bertz CT molecular complexity index is 787. The molecule has 0 aliphatic carbocycles. The summed E-state index contributed by atoms with van der Waals surface area (Å²) in [5.74, 6) is -1.58. The Labute approximate surface area is 151 Å². The maximum atomic E-state index is 12.0. The molecule has 0 fully saturated rings. The maximum Gasteiger partial charge on any atom is 0.547 e.